The lowest BCUT2D eigenvalue weighted by Gasteiger charge is -2.21. The lowest BCUT2D eigenvalue weighted by atomic mass is 10.1. The zero-order chi connectivity index (χ0) is 22.8. The number of hydrogen-bond acceptors (Lipinski definition) is 5. The highest BCUT2D eigenvalue weighted by Gasteiger charge is 2.17. The largest absolute Gasteiger partial charge is 0.491 e. The Labute approximate surface area is 188 Å². The third-order valence-corrected chi connectivity index (χ3v) is 5.02. The summed E-state index contributed by atoms with van der Waals surface area (Å²) in [6, 6.07) is 9.10. The Morgan fingerprint density at radius 2 is 2.03 bits per heavy atom. The molecule has 0 bridgehead atoms. The van der Waals surface area contributed by atoms with Crippen LogP contribution in [0.5, 0.6) is 11.5 Å². The molecule has 2 aromatic carbocycles. The van der Waals surface area contributed by atoms with Crippen molar-refractivity contribution >= 4 is 5.96 Å². The minimum Gasteiger partial charge on any atom is -0.491 e. The maximum atomic E-state index is 13.9. The van der Waals surface area contributed by atoms with Crippen LogP contribution in [0.15, 0.2) is 35.3 Å². The van der Waals surface area contributed by atoms with Gasteiger partial charge in [-0.15, -0.1) is 0 Å². The van der Waals surface area contributed by atoms with E-state index in [0.717, 1.165) is 33.8 Å². The molecule has 0 radical (unpaired) electrons. The molecule has 2 N–H and O–H groups in total. The SMILES string of the molecule is CCOCCOc1cc(C)ccc1CNC(=NC)NCCc1cc(F)cc2c1OCOC2. The van der Waals surface area contributed by atoms with Gasteiger partial charge in [-0.3, -0.25) is 4.99 Å². The molecule has 0 spiro atoms. The Bertz CT molecular complexity index is 920. The van der Waals surface area contributed by atoms with Crippen molar-refractivity contribution in [1.29, 1.82) is 0 Å². The number of guanidine groups is 1. The van der Waals surface area contributed by atoms with E-state index in [1.807, 2.05) is 26.0 Å². The lowest BCUT2D eigenvalue weighted by molar-refractivity contribution is -0.0172. The van der Waals surface area contributed by atoms with Crippen LogP contribution in [0.3, 0.4) is 0 Å². The number of hydrogen-bond donors (Lipinski definition) is 2. The lowest BCUT2D eigenvalue weighted by Crippen LogP contribution is -2.38. The van der Waals surface area contributed by atoms with Crippen molar-refractivity contribution in [3.05, 3.63) is 58.4 Å². The fourth-order valence-electron chi connectivity index (χ4n) is 3.45. The Balaban J connectivity index is 1.53. The minimum atomic E-state index is -0.286. The fraction of sp³-hybridized carbons (Fsp3) is 0.458. The molecular formula is C24H32FN3O4. The molecular weight excluding hydrogens is 413 g/mol. The van der Waals surface area contributed by atoms with Crippen molar-refractivity contribution in [2.24, 2.45) is 4.99 Å². The fourth-order valence-corrected chi connectivity index (χ4v) is 3.45. The first-order chi connectivity index (χ1) is 15.6. The number of nitrogens with zero attached hydrogens (tertiary/aromatic N) is 1. The van der Waals surface area contributed by atoms with Crippen LogP contribution in [0.25, 0.3) is 0 Å². The first-order valence-corrected chi connectivity index (χ1v) is 10.9. The van der Waals surface area contributed by atoms with Gasteiger partial charge >= 0.3 is 0 Å². The Kier molecular flexibility index (Phi) is 9.13. The van der Waals surface area contributed by atoms with Crippen molar-refractivity contribution in [2.45, 2.75) is 33.4 Å². The van der Waals surface area contributed by atoms with E-state index >= 15 is 0 Å². The second kappa shape index (κ2) is 12.3. The second-order valence-corrected chi connectivity index (χ2v) is 7.42. The molecule has 3 rings (SSSR count). The minimum absolute atomic E-state index is 0.188. The van der Waals surface area contributed by atoms with Crippen molar-refractivity contribution in [2.75, 3.05) is 40.2 Å². The quantitative estimate of drug-likeness (QED) is 0.332. The van der Waals surface area contributed by atoms with E-state index in [2.05, 4.69) is 21.7 Å². The zero-order valence-electron chi connectivity index (χ0n) is 19.0. The van der Waals surface area contributed by atoms with Crippen molar-refractivity contribution in [3.63, 3.8) is 0 Å². The number of aryl methyl sites for hydroxylation is 1. The van der Waals surface area contributed by atoms with Gasteiger partial charge in [-0.1, -0.05) is 12.1 Å². The molecule has 0 amide bonds. The summed E-state index contributed by atoms with van der Waals surface area (Å²) < 4.78 is 36.0. The van der Waals surface area contributed by atoms with E-state index in [1.54, 1.807) is 7.05 Å². The summed E-state index contributed by atoms with van der Waals surface area (Å²) in [6.45, 7) is 7.41. The number of benzene rings is 2. The Hall–Kier alpha value is -2.84. The molecule has 0 saturated carbocycles. The van der Waals surface area contributed by atoms with E-state index in [1.165, 1.54) is 12.1 Å². The van der Waals surface area contributed by atoms with Gasteiger partial charge < -0.3 is 29.6 Å². The summed E-state index contributed by atoms with van der Waals surface area (Å²) in [4.78, 5) is 4.28. The molecule has 174 valence electrons. The van der Waals surface area contributed by atoms with Crippen molar-refractivity contribution in [3.8, 4) is 11.5 Å². The van der Waals surface area contributed by atoms with Gasteiger partial charge in [-0.05, 0) is 49.6 Å². The zero-order valence-corrected chi connectivity index (χ0v) is 19.0. The van der Waals surface area contributed by atoms with Crippen LogP contribution >= 0.6 is 0 Å². The number of rotatable bonds is 10. The molecule has 1 aliphatic rings. The first kappa shape index (κ1) is 23.8. The maximum Gasteiger partial charge on any atom is 0.191 e. The summed E-state index contributed by atoms with van der Waals surface area (Å²) in [5.41, 5.74) is 3.72. The van der Waals surface area contributed by atoms with Gasteiger partial charge in [0.2, 0.25) is 0 Å². The van der Waals surface area contributed by atoms with E-state index in [9.17, 15) is 4.39 Å². The topological polar surface area (TPSA) is 73.3 Å². The van der Waals surface area contributed by atoms with Crippen molar-refractivity contribution in [1.82, 2.24) is 10.6 Å². The van der Waals surface area contributed by atoms with Gasteiger partial charge in [-0.25, -0.2) is 4.39 Å². The normalized spacial score (nSPS) is 13.3. The molecule has 0 aliphatic carbocycles. The average molecular weight is 446 g/mol. The first-order valence-electron chi connectivity index (χ1n) is 10.9. The molecule has 8 heteroatoms. The van der Waals surface area contributed by atoms with Gasteiger partial charge in [0.05, 0.1) is 13.2 Å². The van der Waals surface area contributed by atoms with Crippen LogP contribution in [0.1, 0.15) is 29.2 Å². The van der Waals surface area contributed by atoms with Crippen LogP contribution in [0, 0.1) is 12.7 Å². The number of aliphatic imine (C=N–C) groups is 1. The van der Waals surface area contributed by atoms with Crippen LogP contribution in [-0.4, -0.2) is 46.2 Å². The van der Waals surface area contributed by atoms with Crippen LogP contribution in [0.4, 0.5) is 4.39 Å². The predicted octanol–water partition coefficient (Wildman–Crippen LogP) is 3.32. The summed E-state index contributed by atoms with van der Waals surface area (Å²) in [7, 11) is 1.72. The summed E-state index contributed by atoms with van der Waals surface area (Å²) in [6.07, 6.45) is 0.594. The molecule has 0 atom stereocenters. The molecule has 0 saturated heterocycles. The van der Waals surface area contributed by atoms with Crippen molar-refractivity contribution < 1.29 is 23.3 Å². The van der Waals surface area contributed by atoms with Gasteiger partial charge in [0, 0.05) is 37.9 Å². The van der Waals surface area contributed by atoms with Gasteiger partial charge in [-0.2, -0.15) is 0 Å². The monoisotopic (exact) mass is 445 g/mol. The number of nitrogens with one attached hydrogen (secondary N) is 2. The summed E-state index contributed by atoms with van der Waals surface area (Å²) in [5.74, 6) is 1.92. The maximum absolute atomic E-state index is 13.9. The van der Waals surface area contributed by atoms with E-state index < -0.39 is 0 Å². The van der Waals surface area contributed by atoms with Crippen LogP contribution in [-0.2, 0) is 29.0 Å². The molecule has 1 heterocycles. The number of halogens is 1. The standard InChI is InChI=1S/C24H32FN3O4/c1-4-29-9-10-31-22-11-17(2)5-6-19(22)14-28-24(26-3)27-8-7-18-12-21(25)13-20-15-30-16-32-23(18)20/h5-6,11-13H,4,7-10,14-16H2,1-3H3,(H2,26,27,28). The molecule has 0 aromatic heterocycles. The molecule has 2 aromatic rings. The van der Waals surface area contributed by atoms with Crippen LogP contribution < -0.4 is 20.1 Å². The van der Waals surface area contributed by atoms with E-state index in [-0.39, 0.29) is 12.6 Å². The Morgan fingerprint density at radius 3 is 2.84 bits per heavy atom. The summed E-state index contributed by atoms with van der Waals surface area (Å²) >= 11 is 0. The van der Waals surface area contributed by atoms with Gasteiger partial charge in [0.25, 0.3) is 0 Å². The highest BCUT2D eigenvalue weighted by atomic mass is 19.1. The molecule has 7 nitrogen and oxygen atoms in total. The molecule has 0 fully saturated rings. The molecule has 0 unspecified atom stereocenters. The van der Waals surface area contributed by atoms with Gasteiger partial charge in [0.15, 0.2) is 12.8 Å². The second-order valence-electron chi connectivity index (χ2n) is 7.42. The van der Waals surface area contributed by atoms with E-state index in [4.69, 9.17) is 18.9 Å². The van der Waals surface area contributed by atoms with Gasteiger partial charge in [0.1, 0.15) is 23.9 Å². The molecule has 1 aliphatic heterocycles. The third-order valence-electron chi connectivity index (χ3n) is 5.02. The Morgan fingerprint density at radius 1 is 1.16 bits per heavy atom. The predicted molar refractivity (Wildman–Crippen MR) is 122 cm³/mol. The van der Waals surface area contributed by atoms with Crippen LogP contribution in [0.2, 0.25) is 0 Å². The van der Waals surface area contributed by atoms with E-state index in [0.29, 0.717) is 51.9 Å². The highest BCUT2D eigenvalue weighted by Crippen LogP contribution is 2.29. The highest BCUT2D eigenvalue weighted by molar-refractivity contribution is 5.79. The molecule has 32 heavy (non-hydrogen) atoms. The number of ether oxygens (including phenoxy) is 4. The summed E-state index contributed by atoms with van der Waals surface area (Å²) in [5, 5.41) is 6.58. The average Bonchev–Trinajstić information content (AvgIpc) is 2.79. The third kappa shape index (κ3) is 6.83. The smallest absolute Gasteiger partial charge is 0.191 e. The number of fused-ring (bicyclic) bond motifs is 1.